The topological polar surface area (TPSA) is 52.3 Å². The van der Waals surface area contributed by atoms with Crippen molar-refractivity contribution in [3.8, 4) is 16.9 Å². The molecule has 3 nitrogen and oxygen atoms in total. The average Bonchev–Trinajstić information content (AvgIpc) is 3.06. The maximum absolute atomic E-state index is 12.8. The molecule has 0 spiro atoms. The van der Waals surface area contributed by atoms with Crippen molar-refractivity contribution in [1.82, 2.24) is 0 Å². The third-order valence-corrected chi connectivity index (χ3v) is 5.02. The van der Waals surface area contributed by atoms with Gasteiger partial charge in [0.1, 0.15) is 5.75 Å². The van der Waals surface area contributed by atoms with Crippen LogP contribution in [0.2, 0.25) is 0 Å². The zero-order valence-electron chi connectivity index (χ0n) is 15.4. The molecule has 3 aromatic rings. The fraction of sp³-hybridized carbons (Fsp3) is 0.174. The molecule has 4 rings (SSSR count). The van der Waals surface area contributed by atoms with E-state index in [1.165, 1.54) is 12.1 Å². The van der Waals surface area contributed by atoms with Gasteiger partial charge in [0.2, 0.25) is 0 Å². The molecule has 0 radical (unpaired) electrons. The van der Waals surface area contributed by atoms with Crippen LogP contribution in [-0.2, 0) is 19.0 Å². The van der Waals surface area contributed by atoms with E-state index < -0.39 is 17.7 Å². The summed E-state index contributed by atoms with van der Waals surface area (Å²) in [6, 6.07) is 16.9. The SMILES string of the molecule is NC1Cc2ccc(OC(=O)c3ccccc3-c3ccc(C(F)(F)F)cc3)cc2C1. The van der Waals surface area contributed by atoms with Crippen LogP contribution in [0.1, 0.15) is 27.0 Å². The Hall–Kier alpha value is -3.12. The van der Waals surface area contributed by atoms with E-state index in [1.807, 2.05) is 12.1 Å². The summed E-state index contributed by atoms with van der Waals surface area (Å²) >= 11 is 0. The molecule has 2 N–H and O–H groups in total. The van der Waals surface area contributed by atoms with Crippen molar-refractivity contribution in [3.05, 3.63) is 89.0 Å². The van der Waals surface area contributed by atoms with Crippen LogP contribution in [0, 0.1) is 0 Å². The van der Waals surface area contributed by atoms with Gasteiger partial charge in [-0.05, 0) is 65.4 Å². The largest absolute Gasteiger partial charge is 0.423 e. The van der Waals surface area contributed by atoms with Gasteiger partial charge in [-0.1, -0.05) is 36.4 Å². The molecule has 6 heteroatoms. The Labute approximate surface area is 165 Å². The van der Waals surface area contributed by atoms with Gasteiger partial charge in [-0.2, -0.15) is 13.2 Å². The molecule has 148 valence electrons. The van der Waals surface area contributed by atoms with Crippen LogP contribution in [0.25, 0.3) is 11.1 Å². The average molecular weight is 397 g/mol. The standard InChI is InChI=1S/C23H18F3NO2/c24-23(25,26)17-8-5-14(6-9-17)20-3-1-2-4-21(20)22(28)29-19-10-7-15-11-18(27)12-16(15)13-19/h1-10,13,18H,11-12,27H2. The lowest BCUT2D eigenvalue weighted by atomic mass is 9.98. The summed E-state index contributed by atoms with van der Waals surface area (Å²) in [7, 11) is 0. The summed E-state index contributed by atoms with van der Waals surface area (Å²) in [6.45, 7) is 0. The number of benzene rings is 3. The number of alkyl halides is 3. The Bertz CT molecular complexity index is 1060. The number of carbonyl (C=O) groups excluding carboxylic acids is 1. The van der Waals surface area contributed by atoms with Crippen LogP contribution in [0.4, 0.5) is 13.2 Å². The van der Waals surface area contributed by atoms with Gasteiger partial charge in [-0.25, -0.2) is 4.79 Å². The van der Waals surface area contributed by atoms with Gasteiger partial charge in [0.25, 0.3) is 0 Å². The predicted molar refractivity (Wildman–Crippen MR) is 104 cm³/mol. The molecular formula is C23H18F3NO2. The fourth-order valence-electron chi connectivity index (χ4n) is 3.61. The Morgan fingerprint density at radius 2 is 1.62 bits per heavy atom. The lowest BCUT2D eigenvalue weighted by molar-refractivity contribution is -0.137. The maximum atomic E-state index is 12.8. The van der Waals surface area contributed by atoms with Crippen LogP contribution < -0.4 is 10.5 Å². The molecule has 0 aliphatic heterocycles. The molecule has 0 saturated heterocycles. The zero-order valence-corrected chi connectivity index (χ0v) is 15.4. The van der Waals surface area contributed by atoms with Crippen molar-refractivity contribution < 1.29 is 22.7 Å². The van der Waals surface area contributed by atoms with Crippen LogP contribution in [-0.4, -0.2) is 12.0 Å². The molecule has 0 heterocycles. The van der Waals surface area contributed by atoms with E-state index in [2.05, 4.69) is 0 Å². The molecule has 3 aromatic carbocycles. The van der Waals surface area contributed by atoms with E-state index >= 15 is 0 Å². The molecule has 1 aliphatic rings. The molecule has 0 saturated carbocycles. The molecule has 0 fully saturated rings. The van der Waals surface area contributed by atoms with E-state index in [4.69, 9.17) is 10.5 Å². The number of hydrogen-bond donors (Lipinski definition) is 1. The molecule has 1 aliphatic carbocycles. The van der Waals surface area contributed by atoms with Gasteiger partial charge in [-0.3, -0.25) is 0 Å². The van der Waals surface area contributed by atoms with Crippen molar-refractivity contribution in [3.63, 3.8) is 0 Å². The monoisotopic (exact) mass is 397 g/mol. The number of halogens is 3. The minimum Gasteiger partial charge on any atom is -0.423 e. The predicted octanol–water partition coefficient (Wildman–Crippen LogP) is 5.02. The number of nitrogens with two attached hydrogens (primary N) is 1. The normalized spacial score (nSPS) is 15.8. The minimum atomic E-state index is -4.41. The maximum Gasteiger partial charge on any atom is 0.416 e. The minimum absolute atomic E-state index is 0.0800. The second kappa shape index (κ2) is 7.37. The molecule has 0 bridgehead atoms. The van der Waals surface area contributed by atoms with Gasteiger partial charge in [-0.15, -0.1) is 0 Å². The van der Waals surface area contributed by atoms with E-state index in [0.29, 0.717) is 16.9 Å². The second-order valence-corrected chi connectivity index (χ2v) is 7.11. The fourth-order valence-corrected chi connectivity index (χ4v) is 3.61. The third kappa shape index (κ3) is 4.03. The highest BCUT2D eigenvalue weighted by atomic mass is 19.4. The Kier molecular flexibility index (Phi) is 4.88. The van der Waals surface area contributed by atoms with Crippen molar-refractivity contribution in [1.29, 1.82) is 0 Å². The van der Waals surface area contributed by atoms with Gasteiger partial charge in [0.05, 0.1) is 11.1 Å². The number of rotatable bonds is 3. The van der Waals surface area contributed by atoms with Crippen molar-refractivity contribution >= 4 is 5.97 Å². The van der Waals surface area contributed by atoms with E-state index in [0.717, 1.165) is 36.1 Å². The molecular weight excluding hydrogens is 379 g/mol. The number of carbonyl (C=O) groups is 1. The summed E-state index contributed by atoms with van der Waals surface area (Å²) in [6.07, 6.45) is -2.86. The quantitative estimate of drug-likeness (QED) is 0.499. The molecule has 0 aromatic heterocycles. The summed E-state index contributed by atoms with van der Waals surface area (Å²) in [4.78, 5) is 12.8. The summed E-state index contributed by atoms with van der Waals surface area (Å²) in [5.41, 5.74) is 8.75. The lowest BCUT2D eigenvalue weighted by Crippen LogP contribution is -2.18. The highest BCUT2D eigenvalue weighted by Gasteiger charge is 2.30. The smallest absolute Gasteiger partial charge is 0.416 e. The van der Waals surface area contributed by atoms with Crippen LogP contribution in [0.3, 0.4) is 0 Å². The van der Waals surface area contributed by atoms with Gasteiger partial charge in [0.15, 0.2) is 0 Å². The number of hydrogen-bond acceptors (Lipinski definition) is 3. The van der Waals surface area contributed by atoms with Crippen LogP contribution in [0.15, 0.2) is 66.7 Å². The second-order valence-electron chi connectivity index (χ2n) is 7.11. The van der Waals surface area contributed by atoms with Gasteiger partial charge in [0, 0.05) is 6.04 Å². The summed E-state index contributed by atoms with van der Waals surface area (Å²) in [5.74, 6) is -0.146. The third-order valence-electron chi connectivity index (χ3n) is 5.02. The Balaban J connectivity index is 1.60. The molecule has 0 amide bonds. The summed E-state index contributed by atoms with van der Waals surface area (Å²) in [5, 5.41) is 0. The molecule has 1 unspecified atom stereocenters. The lowest BCUT2D eigenvalue weighted by Gasteiger charge is -2.12. The van der Waals surface area contributed by atoms with Crippen molar-refractivity contribution in [2.45, 2.75) is 25.1 Å². The van der Waals surface area contributed by atoms with Gasteiger partial charge >= 0.3 is 12.1 Å². The molecule has 1 atom stereocenters. The highest BCUT2D eigenvalue weighted by molar-refractivity contribution is 5.98. The van der Waals surface area contributed by atoms with Gasteiger partial charge < -0.3 is 10.5 Å². The Morgan fingerprint density at radius 1 is 0.931 bits per heavy atom. The highest BCUT2D eigenvalue weighted by Crippen LogP contribution is 2.32. The number of esters is 1. The van der Waals surface area contributed by atoms with Crippen LogP contribution in [0.5, 0.6) is 5.75 Å². The first-order chi connectivity index (χ1) is 13.8. The zero-order chi connectivity index (χ0) is 20.6. The number of fused-ring (bicyclic) bond motifs is 1. The summed E-state index contributed by atoms with van der Waals surface area (Å²) < 4.78 is 44.0. The molecule has 29 heavy (non-hydrogen) atoms. The van der Waals surface area contributed by atoms with Crippen molar-refractivity contribution in [2.75, 3.05) is 0 Å². The first-order valence-corrected chi connectivity index (χ1v) is 9.17. The number of ether oxygens (including phenoxy) is 1. The Morgan fingerprint density at radius 3 is 2.34 bits per heavy atom. The van der Waals surface area contributed by atoms with E-state index in [9.17, 15) is 18.0 Å². The first kappa shape index (κ1) is 19.2. The van der Waals surface area contributed by atoms with Crippen LogP contribution >= 0.6 is 0 Å². The van der Waals surface area contributed by atoms with Crippen molar-refractivity contribution in [2.24, 2.45) is 5.73 Å². The van der Waals surface area contributed by atoms with E-state index in [-0.39, 0.29) is 11.6 Å². The first-order valence-electron chi connectivity index (χ1n) is 9.17. The van der Waals surface area contributed by atoms with E-state index in [1.54, 1.807) is 30.3 Å².